The van der Waals surface area contributed by atoms with E-state index in [1.807, 2.05) is 101 Å². The summed E-state index contributed by atoms with van der Waals surface area (Å²) in [6.45, 7) is 19.5. The molecule has 7 heteroatoms. The molecule has 0 fully saturated rings. The number of anilines is 1. The molecule has 0 bridgehead atoms. The van der Waals surface area contributed by atoms with Crippen molar-refractivity contribution < 1.29 is 19.1 Å². The van der Waals surface area contributed by atoms with Gasteiger partial charge in [-0.15, -0.1) is 0 Å². The number of carbonyl (C=O) groups excluding carboxylic acids is 3. The molecule has 0 heterocycles. The molecule has 7 nitrogen and oxygen atoms in total. The topological polar surface area (TPSA) is 87.7 Å². The molecule has 3 amide bonds. The molecule has 0 aliphatic heterocycles. The van der Waals surface area contributed by atoms with Gasteiger partial charge in [0.2, 0.25) is 5.91 Å². The first kappa shape index (κ1) is 36.3. The molecule has 0 spiro atoms. The first-order chi connectivity index (χ1) is 21.6. The molecule has 0 radical (unpaired) electrons. The van der Waals surface area contributed by atoms with Crippen molar-refractivity contribution in [1.29, 1.82) is 0 Å². The zero-order valence-corrected chi connectivity index (χ0v) is 29.4. The van der Waals surface area contributed by atoms with Crippen molar-refractivity contribution >= 4 is 23.6 Å². The number of nitrogens with one attached hydrogen (secondary N) is 2. The molecule has 0 aliphatic rings. The molecule has 248 valence electrons. The largest absolute Gasteiger partial charge is 0.444 e. The Morgan fingerprint density at radius 3 is 2.02 bits per heavy atom. The maximum atomic E-state index is 15.0. The Labute approximate surface area is 276 Å². The van der Waals surface area contributed by atoms with E-state index in [1.54, 1.807) is 25.7 Å². The van der Waals surface area contributed by atoms with E-state index in [4.69, 9.17) is 4.74 Å². The molecule has 0 aliphatic carbocycles. The van der Waals surface area contributed by atoms with Crippen LogP contribution in [-0.4, -0.2) is 40.5 Å². The van der Waals surface area contributed by atoms with Crippen molar-refractivity contribution in [1.82, 2.24) is 10.2 Å². The first-order valence-corrected chi connectivity index (χ1v) is 16.4. The second kappa shape index (κ2) is 15.9. The standard InChI is InChI=1S/C39H53N3O4/c1-25(2)19-22-30(7)42(37(44)33(24-31-17-12-11-13-18-31)40-38(45)46-39(8,9)10)35(32-23-26(3)20-21-27(32)4)36(43)41-34-28(5)15-14-16-29(34)6/h11-18,20-21,23,25,30,33,35H,19,22,24H2,1-10H3,(H,40,45)(H,41,43). The molecule has 46 heavy (non-hydrogen) atoms. The maximum Gasteiger partial charge on any atom is 0.408 e. The van der Waals surface area contributed by atoms with Crippen LogP contribution < -0.4 is 10.6 Å². The molecule has 3 aromatic carbocycles. The summed E-state index contributed by atoms with van der Waals surface area (Å²) < 4.78 is 5.61. The lowest BCUT2D eigenvalue weighted by molar-refractivity contribution is -0.143. The molecule has 0 aromatic heterocycles. The van der Waals surface area contributed by atoms with Crippen molar-refractivity contribution in [3.63, 3.8) is 0 Å². The highest BCUT2D eigenvalue weighted by Gasteiger charge is 2.40. The summed E-state index contributed by atoms with van der Waals surface area (Å²) in [5.41, 5.74) is 5.39. The van der Waals surface area contributed by atoms with E-state index < -0.39 is 23.8 Å². The number of rotatable bonds is 12. The summed E-state index contributed by atoms with van der Waals surface area (Å²) in [5.74, 6) is -0.234. The quantitative estimate of drug-likeness (QED) is 0.211. The molecule has 3 rings (SSSR count). The second-order valence-electron chi connectivity index (χ2n) is 14.0. The van der Waals surface area contributed by atoms with Crippen molar-refractivity contribution in [2.45, 2.75) is 112 Å². The van der Waals surface area contributed by atoms with Crippen molar-refractivity contribution in [3.8, 4) is 0 Å². The predicted octanol–water partition coefficient (Wildman–Crippen LogP) is 8.39. The third-order valence-electron chi connectivity index (χ3n) is 8.15. The number of alkyl carbamates (subject to hydrolysis) is 1. The number of amides is 3. The van der Waals surface area contributed by atoms with E-state index in [-0.39, 0.29) is 24.3 Å². The minimum absolute atomic E-state index is 0.240. The zero-order chi connectivity index (χ0) is 34.2. The van der Waals surface area contributed by atoms with Crippen LogP contribution in [0.2, 0.25) is 0 Å². The maximum absolute atomic E-state index is 15.0. The van der Waals surface area contributed by atoms with Gasteiger partial charge in [-0.3, -0.25) is 9.59 Å². The van der Waals surface area contributed by atoms with E-state index >= 15 is 4.79 Å². The van der Waals surface area contributed by atoms with Gasteiger partial charge in [-0.05, 0) is 102 Å². The van der Waals surface area contributed by atoms with Gasteiger partial charge < -0.3 is 20.3 Å². The normalized spacial score (nSPS) is 13.5. The monoisotopic (exact) mass is 627 g/mol. The van der Waals surface area contributed by atoms with E-state index in [2.05, 4.69) is 24.5 Å². The van der Waals surface area contributed by atoms with Gasteiger partial charge in [0.05, 0.1) is 0 Å². The van der Waals surface area contributed by atoms with E-state index in [0.717, 1.165) is 45.5 Å². The number of carbonyl (C=O) groups is 3. The van der Waals surface area contributed by atoms with Gasteiger partial charge in [0.15, 0.2) is 0 Å². The van der Waals surface area contributed by atoms with Crippen LogP contribution in [0.25, 0.3) is 0 Å². The fourth-order valence-corrected chi connectivity index (χ4v) is 5.67. The lowest BCUT2D eigenvalue weighted by atomic mass is 9.92. The van der Waals surface area contributed by atoms with Crippen LogP contribution in [0.15, 0.2) is 66.7 Å². The highest BCUT2D eigenvalue weighted by atomic mass is 16.6. The second-order valence-corrected chi connectivity index (χ2v) is 14.0. The van der Waals surface area contributed by atoms with Crippen LogP contribution in [0.1, 0.15) is 93.8 Å². The number of nitrogens with zero attached hydrogens (tertiary/aromatic N) is 1. The Morgan fingerprint density at radius 1 is 0.804 bits per heavy atom. The summed E-state index contributed by atoms with van der Waals surface area (Å²) in [4.78, 5) is 44.5. The Balaban J connectivity index is 2.20. The first-order valence-electron chi connectivity index (χ1n) is 16.4. The fourth-order valence-electron chi connectivity index (χ4n) is 5.67. The minimum Gasteiger partial charge on any atom is -0.444 e. The molecule has 0 saturated heterocycles. The Kier molecular flexibility index (Phi) is 12.6. The molecule has 3 unspecified atom stereocenters. The van der Waals surface area contributed by atoms with Crippen molar-refractivity contribution in [2.75, 3.05) is 5.32 Å². The SMILES string of the molecule is Cc1ccc(C)c(C(C(=O)Nc2c(C)cccc2C)N(C(=O)C(Cc2ccccc2)NC(=O)OC(C)(C)C)C(C)CCC(C)C)c1. The van der Waals surface area contributed by atoms with Gasteiger partial charge >= 0.3 is 6.09 Å². The Bertz CT molecular complexity index is 1470. The smallest absolute Gasteiger partial charge is 0.408 e. The number of aryl methyl sites for hydroxylation is 4. The lowest BCUT2D eigenvalue weighted by Crippen LogP contribution is -2.55. The zero-order valence-electron chi connectivity index (χ0n) is 29.4. The van der Waals surface area contributed by atoms with E-state index in [9.17, 15) is 9.59 Å². The summed E-state index contributed by atoms with van der Waals surface area (Å²) >= 11 is 0. The van der Waals surface area contributed by atoms with Crippen LogP contribution in [0.3, 0.4) is 0 Å². The third-order valence-corrected chi connectivity index (χ3v) is 8.15. The van der Waals surface area contributed by atoms with Gasteiger partial charge in [0.25, 0.3) is 5.91 Å². The minimum atomic E-state index is -0.973. The lowest BCUT2D eigenvalue weighted by Gasteiger charge is -2.39. The van der Waals surface area contributed by atoms with E-state index in [0.29, 0.717) is 12.3 Å². The van der Waals surface area contributed by atoms with Crippen LogP contribution in [0, 0.1) is 33.6 Å². The highest BCUT2D eigenvalue weighted by molar-refractivity contribution is 6.00. The molecule has 0 saturated carbocycles. The molecular weight excluding hydrogens is 574 g/mol. The average molecular weight is 628 g/mol. The molecule has 2 N–H and O–H groups in total. The third kappa shape index (κ3) is 10.2. The van der Waals surface area contributed by atoms with Crippen LogP contribution in [0.5, 0.6) is 0 Å². The van der Waals surface area contributed by atoms with Crippen LogP contribution in [-0.2, 0) is 20.7 Å². The molecule has 3 aromatic rings. The van der Waals surface area contributed by atoms with Gasteiger partial charge in [-0.1, -0.05) is 86.1 Å². The Morgan fingerprint density at radius 2 is 1.43 bits per heavy atom. The number of ether oxygens (including phenoxy) is 1. The van der Waals surface area contributed by atoms with E-state index in [1.165, 1.54) is 0 Å². The van der Waals surface area contributed by atoms with Crippen molar-refractivity contribution in [3.05, 3.63) is 100 Å². The molecular formula is C39H53N3O4. The summed E-state index contributed by atoms with van der Waals surface area (Å²) in [6, 6.07) is 19.2. The number of benzene rings is 3. The van der Waals surface area contributed by atoms with Gasteiger partial charge in [-0.2, -0.15) is 0 Å². The summed E-state index contributed by atoms with van der Waals surface area (Å²) in [6.07, 6.45) is 1.11. The van der Waals surface area contributed by atoms with Gasteiger partial charge in [-0.25, -0.2) is 4.79 Å². The Hall–Kier alpha value is -4.13. The number of hydrogen-bond donors (Lipinski definition) is 2. The fraction of sp³-hybridized carbons (Fsp3) is 0.462. The van der Waals surface area contributed by atoms with Crippen LogP contribution in [0.4, 0.5) is 10.5 Å². The highest BCUT2D eigenvalue weighted by Crippen LogP contribution is 2.32. The van der Waals surface area contributed by atoms with Gasteiger partial charge in [0, 0.05) is 18.2 Å². The van der Waals surface area contributed by atoms with Gasteiger partial charge in [0.1, 0.15) is 17.7 Å². The van der Waals surface area contributed by atoms with Crippen LogP contribution >= 0.6 is 0 Å². The van der Waals surface area contributed by atoms with Crippen molar-refractivity contribution in [2.24, 2.45) is 5.92 Å². The summed E-state index contributed by atoms with van der Waals surface area (Å²) in [7, 11) is 0. The average Bonchev–Trinajstić information content (AvgIpc) is 2.96. The predicted molar refractivity (Wildman–Crippen MR) is 187 cm³/mol. The molecule has 3 atom stereocenters. The summed E-state index contributed by atoms with van der Waals surface area (Å²) in [5, 5.41) is 6.07. The number of hydrogen-bond acceptors (Lipinski definition) is 4. The number of para-hydroxylation sites is 1.